The van der Waals surface area contributed by atoms with E-state index in [1.54, 1.807) is 11.8 Å². The molecule has 3 aromatic carbocycles. The minimum absolute atomic E-state index is 0.177. The molecule has 4 aromatic rings. The lowest BCUT2D eigenvalue weighted by Crippen LogP contribution is -2.44. The van der Waals surface area contributed by atoms with E-state index in [1.165, 1.54) is 0 Å². The molecule has 0 radical (unpaired) electrons. The van der Waals surface area contributed by atoms with Gasteiger partial charge in [-0.2, -0.15) is 5.10 Å². The Labute approximate surface area is 246 Å². The number of aromatic amines is 1. The van der Waals surface area contributed by atoms with Crippen LogP contribution < -0.4 is 15.5 Å². The molecule has 0 aliphatic carbocycles. The van der Waals surface area contributed by atoms with Gasteiger partial charge >= 0.3 is 0 Å². The fourth-order valence-corrected chi connectivity index (χ4v) is 6.00. The van der Waals surface area contributed by atoms with Crippen LogP contribution in [0.3, 0.4) is 0 Å². The van der Waals surface area contributed by atoms with Crippen molar-refractivity contribution in [1.82, 2.24) is 15.1 Å². The number of hydrogen-bond acceptors (Lipinski definition) is 7. The van der Waals surface area contributed by atoms with Crippen LogP contribution in [0, 0.1) is 0 Å². The number of nitrogens with one attached hydrogen (secondary N) is 3. The fraction of sp³-hybridized carbons (Fsp3) is 0.375. The van der Waals surface area contributed by atoms with Crippen molar-refractivity contribution >= 4 is 45.8 Å². The van der Waals surface area contributed by atoms with Crippen LogP contribution in [0.1, 0.15) is 37.0 Å². The van der Waals surface area contributed by atoms with E-state index in [0.29, 0.717) is 11.4 Å². The molecule has 1 aromatic heterocycles. The molecule has 41 heavy (non-hydrogen) atoms. The molecule has 1 amide bonds. The lowest BCUT2D eigenvalue weighted by atomic mass is 10.1. The second-order valence-electron chi connectivity index (χ2n) is 10.2. The Balaban J connectivity index is 0.00000165. The summed E-state index contributed by atoms with van der Waals surface area (Å²) < 4.78 is 5.56. The second kappa shape index (κ2) is 13.9. The number of piperazine rings is 1. The summed E-state index contributed by atoms with van der Waals surface area (Å²) in [5.41, 5.74) is 3.50. The molecule has 2 aliphatic rings. The quantitative estimate of drug-likeness (QED) is 0.238. The molecule has 0 bridgehead atoms. The predicted octanol–water partition coefficient (Wildman–Crippen LogP) is 6.34. The summed E-state index contributed by atoms with van der Waals surface area (Å²) in [6.07, 6.45) is 1.84. The number of carbonyl (C=O) groups excluding carboxylic acids is 1. The Bertz CT molecular complexity index is 1430. The number of carbonyl (C=O) groups is 1. The zero-order chi connectivity index (χ0) is 28.6. The van der Waals surface area contributed by atoms with Gasteiger partial charge in [-0.1, -0.05) is 43.8 Å². The van der Waals surface area contributed by atoms with Crippen molar-refractivity contribution in [1.29, 1.82) is 0 Å². The lowest BCUT2D eigenvalue weighted by molar-refractivity contribution is 0.0904. The van der Waals surface area contributed by atoms with Gasteiger partial charge in [-0.05, 0) is 68.4 Å². The first-order valence-electron chi connectivity index (χ1n) is 14.6. The Morgan fingerprint density at radius 1 is 0.951 bits per heavy atom. The number of anilines is 3. The highest BCUT2D eigenvalue weighted by atomic mass is 32.2. The van der Waals surface area contributed by atoms with E-state index in [0.717, 1.165) is 84.3 Å². The van der Waals surface area contributed by atoms with E-state index >= 15 is 0 Å². The minimum atomic E-state index is -0.177. The van der Waals surface area contributed by atoms with Crippen molar-refractivity contribution in [2.24, 2.45) is 0 Å². The van der Waals surface area contributed by atoms with Crippen LogP contribution in [0.5, 0.6) is 0 Å². The van der Waals surface area contributed by atoms with Gasteiger partial charge in [0.05, 0.1) is 11.1 Å². The standard InChI is InChI=1S/C30H34N6O2S.C2H6/c1-35-13-15-36(16-14-35)22-7-9-25(28(19-22)31-21-11-17-38-18-12-21)30(37)32-29-26-20-24(8-10-27(26)33-34-29)39-23-5-3-2-4-6-23;1-2/h2-10,19-21,31H,11-18H2,1H3,(H2,32,33,34,37);1-2H3. The van der Waals surface area contributed by atoms with Gasteiger partial charge in [0, 0.05) is 72.0 Å². The van der Waals surface area contributed by atoms with Gasteiger partial charge in [-0.25, -0.2) is 0 Å². The molecule has 3 heterocycles. The average molecular weight is 573 g/mol. The summed E-state index contributed by atoms with van der Waals surface area (Å²) in [4.78, 5) is 20.7. The number of benzene rings is 3. The number of aromatic nitrogens is 2. The highest BCUT2D eigenvalue weighted by Crippen LogP contribution is 2.33. The number of H-pyrrole nitrogens is 1. The Morgan fingerprint density at radius 2 is 1.71 bits per heavy atom. The number of ether oxygens (including phenoxy) is 1. The Kier molecular flexibility index (Phi) is 9.82. The molecule has 216 valence electrons. The predicted molar refractivity (Wildman–Crippen MR) is 170 cm³/mol. The second-order valence-corrected chi connectivity index (χ2v) is 11.3. The Morgan fingerprint density at radius 3 is 2.46 bits per heavy atom. The van der Waals surface area contributed by atoms with E-state index < -0.39 is 0 Å². The van der Waals surface area contributed by atoms with Crippen LogP contribution >= 0.6 is 11.8 Å². The number of rotatable bonds is 7. The molecule has 9 heteroatoms. The van der Waals surface area contributed by atoms with E-state index in [4.69, 9.17) is 4.74 Å². The van der Waals surface area contributed by atoms with Crippen molar-refractivity contribution in [3.63, 3.8) is 0 Å². The molecule has 2 saturated heterocycles. The smallest absolute Gasteiger partial charge is 0.258 e. The number of hydrogen-bond donors (Lipinski definition) is 3. The van der Waals surface area contributed by atoms with Crippen molar-refractivity contribution in [2.45, 2.75) is 42.5 Å². The highest BCUT2D eigenvalue weighted by Gasteiger charge is 2.22. The maximum atomic E-state index is 13.7. The first kappa shape index (κ1) is 29.0. The van der Waals surface area contributed by atoms with Gasteiger partial charge < -0.3 is 25.2 Å². The van der Waals surface area contributed by atoms with E-state index in [2.05, 4.69) is 74.1 Å². The molecule has 0 saturated carbocycles. The summed E-state index contributed by atoms with van der Waals surface area (Å²) in [6.45, 7) is 9.48. The normalized spacial score (nSPS) is 16.2. The van der Waals surface area contributed by atoms with Crippen molar-refractivity contribution in [3.8, 4) is 0 Å². The number of amides is 1. The minimum Gasteiger partial charge on any atom is -0.381 e. The van der Waals surface area contributed by atoms with Gasteiger partial charge in [-0.3, -0.25) is 9.89 Å². The van der Waals surface area contributed by atoms with E-state index in [9.17, 15) is 4.79 Å². The van der Waals surface area contributed by atoms with Gasteiger partial charge in [0.25, 0.3) is 5.91 Å². The molecule has 0 spiro atoms. The lowest BCUT2D eigenvalue weighted by Gasteiger charge is -2.34. The molecule has 0 unspecified atom stereocenters. The van der Waals surface area contributed by atoms with Gasteiger partial charge in [0.1, 0.15) is 0 Å². The number of nitrogens with zero attached hydrogens (tertiary/aromatic N) is 3. The third kappa shape index (κ3) is 7.22. The van der Waals surface area contributed by atoms with Crippen LogP contribution in [0.4, 0.5) is 17.2 Å². The SMILES string of the molecule is CC.CN1CCN(c2ccc(C(=O)Nc3n[nH]c4ccc(Sc5ccccc5)cc34)c(NC3CCOCC3)c2)CC1. The number of fused-ring (bicyclic) bond motifs is 1. The van der Waals surface area contributed by atoms with Gasteiger partial charge in [0.15, 0.2) is 5.82 Å². The van der Waals surface area contributed by atoms with E-state index in [1.807, 2.05) is 44.2 Å². The molecule has 8 nitrogen and oxygen atoms in total. The molecule has 2 fully saturated rings. The number of likely N-dealkylation sites (N-methyl/N-ethyl adjacent to an activating group) is 1. The summed E-state index contributed by atoms with van der Waals surface area (Å²) in [5, 5.41) is 15.1. The first-order chi connectivity index (χ1) is 20.1. The van der Waals surface area contributed by atoms with Crippen LogP contribution in [-0.4, -0.2) is 73.5 Å². The van der Waals surface area contributed by atoms with E-state index in [-0.39, 0.29) is 11.9 Å². The first-order valence-corrected chi connectivity index (χ1v) is 15.4. The molecular weight excluding hydrogens is 532 g/mol. The van der Waals surface area contributed by atoms with Gasteiger partial charge in [-0.15, -0.1) is 0 Å². The van der Waals surface area contributed by atoms with Crippen molar-refractivity contribution in [3.05, 3.63) is 72.3 Å². The summed E-state index contributed by atoms with van der Waals surface area (Å²) in [6, 6.07) is 22.8. The van der Waals surface area contributed by atoms with Gasteiger partial charge in [0.2, 0.25) is 0 Å². The van der Waals surface area contributed by atoms with Crippen molar-refractivity contribution < 1.29 is 9.53 Å². The summed E-state index contributed by atoms with van der Waals surface area (Å²) in [5.74, 6) is 0.356. The van der Waals surface area contributed by atoms with Crippen LogP contribution in [0.2, 0.25) is 0 Å². The third-order valence-corrected chi connectivity index (χ3v) is 8.44. The van der Waals surface area contributed by atoms with Crippen LogP contribution in [0.15, 0.2) is 76.5 Å². The fourth-order valence-electron chi connectivity index (χ4n) is 5.12. The maximum absolute atomic E-state index is 13.7. The highest BCUT2D eigenvalue weighted by molar-refractivity contribution is 7.99. The topological polar surface area (TPSA) is 85.5 Å². The largest absolute Gasteiger partial charge is 0.381 e. The third-order valence-electron chi connectivity index (χ3n) is 7.44. The summed E-state index contributed by atoms with van der Waals surface area (Å²) in [7, 11) is 2.16. The van der Waals surface area contributed by atoms with Crippen molar-refractivity contribution in [2.75, 3.05) is 62.0 Å². The Hall–Kier alpha value is -3.53. The molecule has 6 rings (SSSR count). The van der Waals surface area contributed by atoms with Crippen LogP contribution in [-0.2, 0) is 4.74 Å². The molecule has 0 atom stereocenters. The van der Waals surface area contributed by atoms with Crippen LogP contribution in [0.25, 0.3) is 10.9 Å². The maximum Gasteiger partial charge on any atom is 0.258 e. The molecule has 3 N–H and O–H groups in total. The molecular formula is C32H40N6O2S. The molecule has 2 aliphatic heterocycles. The monoisotopic (exact) mass is 572 g/mol. The zero-order valence-corrected chi connectivity index (χ0v) is 25.0. The average Bonchev–Trinajstić information content (AvgIpc) is 3.41. The zero-order valence-electron chi connectivity index (χ0n) is 24.2. The summed E-state index contributed by atoms with van der Waals surface area (Å²) >= 11 is 1.68.